The standard InChI is InChI=1S/C19H18O2/c1-3-6-16-9-5-10-17(19(16)21)18(20)12-11-15-8-4-7-14(2)13-15/h3-5,7-13,21H,1,6H2,2H3. The van der Waals surface area contributed by atoms with Crippen LogP contribution >= 0.6 is 0 Å². The number of para-hydroxylation sites is 1. The van der Waals surface area contributed by atoms with Gasteiger partial charge in [-0.2, -0.15) is 0 Å². The average Bonchev–Trinajstić information content (AvgIpc) is 2.47. The van der Waals surface area contributed by atoms with E-state index < -0.39 is 0 Å². The molecule has 0 aliphatic heterocycles. The Labute approximate surface area is 125 Å². The molecule has 0 spiro atoms. The van der Waals surface area contributed by atoms with Crippen molar-refractivity contribution in [1.29, 1.82) is 0 Å². The molecule has 0 unspecified atom stereocenters. The molecular weight excluding hydrogens is 260 g/mol. The van der Waals surface area contributed by atoms with E-state index >= 15 is 0 Å². The van der Waals surface area contributed by atoms with Crippen molar-refractivity contribution < 1.29 is 9.90 Å². The summed E-state index contributed by atoms with van der Waals surface area (Å²) in [4.78, 5) is 12.2. The molecule has 0 aliphatic carbocycles. The van der Waals surface area contributed by atoms with Gasteiger partial charge in [0.25, 0.3) is 0 Å². The third-order valence-corrected chi connectivity index (χ3v) is 3.22. The largest absolute Gasteiger partial charge is 0.507 e. The second-order valence-electron chi connectivity index (χ2n) is 4.92. The molecule has 2 rings (SSSR count). The zero-order valence-electron chi connectivity index (χ0n) is 12.0. The zero-order chi connectivity index (χ0) is 15.2. The second-order valence-corrected chi connectivity index (χ2v) is 4.92. The molecule has 2 aromatic rings. The van der Waals surface area contributed by atoms with Gasteiger partial charge in [-0.05, 0) is 36.6 Å². The van der Waals surface area contributed by atoms with Crippen LogP contribution in [0.3, 0.4) is 0 Å². The summed E-state index contributed by atoms with van der Waals surface area (Å²) >= 11 is 0. The van der Waals surface area contributed by atoms with Gasteiger partial charge < -0.3 is 5.11 Å². The highest BCUT2D eigenvalue weighted by Gasteiger charge is 2.11. The van der Waals surface area contributed by atoms with E-state index in [9.17, 15) is 9.90 Å². The topological polar surface area (TPSA) is 37.3 Å². The van der Waals surface area contributed by atoms with Gasteiger partial charge in [0.15, 0.2) is 5.78 Å². The predicted octanol–water partition coefficient (Wildman–Crippen LogP) is 4.33. The van der Waals surface area contributed by atoms with Gasteiger partial charge in [-0.3, -0.25) is 4.79 Å². The number of phenols is 1. The summed E-state index contributed by atoms with van der Waals surface area (Å²) in [5, 5.41) is 10.1. The van der Waals surface area contributed by atoms with E-state index in [2.05, 4.69) is 6.58 Å². The number of ketones is 1. The van der Waals surface area contributed by atoms with Gasteiger partial charge in [-0.15, -0.1) is 6.58 Å². The van der Waals surface area contributed by atoms with Gasteiger partial charge in [0, 0.05) is 0 Å². The number of allylic oxidation sites excluding steroid dienone is 2. The number of aromatic hydroxyl groups is 1. The Morgan fingerprint density at radius 1 is 1.24 bits per heavy atom. The Kier molecular flexibility index (Phi) is 4.72. The van der Waals surface area contributed by atoms with Gasteiger partial charge in [-0.1, -0.05) is 54.1 Å². The minimum absolute atomic E-state index is 0.0382. The SMILES string of the molecule is C=CCc1cccc(C(=O)C=Cc2cccc(C)c2)c1O. The first kappa shape index (κ1) is 14.8. The summed E-state index contributed by atoms with van der Waals surface area (Å²) in [6.45, 7) is 5.65. The molecule has 2 aromatic carbocycles. The van der Waals surface area contributed by atoms with E-state index in [1.165, 1.54) is 6.08 Å². The lowest BCUT2D eigenvalue weighted by Gasteiger charge is -2.05. The fraction of sp³-hybridized carbons (Fsp3) is 0.105. The Morgan fingerprint density at radius 3 is 2.71 bits per heavy atom. The number of rotatable bonds is 5. The maximum absolute atomic E-state index is 12.2. The molecule has 2 heteroatoms. The first-order chi connectivity index (χ1) is 10.1. The molecule has 21 heavy (non-hydrogen) atoms. The number of hydrogen-bond acceptors (Lipinski definition) is 2. The number of hydrogen-bond donors (Lipinski definition) is 1. The van der Waals surface area contributed by atoms with Crippen LogP contribution in [-0.2, 0) is 6.42 Å². The third-order valence-electron chi connectivity index (χ3n) is 3.22. The highest BCUT2D eigenvalue weighted by Crippen LogP contribution is 2.24. The monoisotopic (exact) mass is 278 g/mol. The molecule has 2 nitrogen and oxygen atoms in total. The van der Waals surface area contributed by atoms with Crippen LogP contribution in [0.25, 0.3) is 6.08 Å². The van der Waals surface area contributed by atoms with E-state index in [4.69, 9.17) is 0 Å². The van der Waals surface area contributed by atoms with Crippen LogP contribution in [0.15, 0.2) is 61.2 Å². The normalized spacial score (nSPS) is 10.7. The van der Waals surface area contributed by atoms with Crippen molar-refractivity contribution in [1.82, 2.24) is 0 Å². The highest BCUT2D eigenvalue weighted by atomic mass is 16.3. The highest BCUT2D eigenvalue weighted by molar-refractivity contribution is 6.08. The molecule has 0 aromatic heterocycles. The van der Waals surface area contributed by atoms with Crippen molar-refractivity contribution in [2.75, 3.05) is 0 Å². The van der Waals surface area contributed by atoms with Crippen molar-refractivity contribution in [3.05, 3.63) is 83.4 Å². The number of carbonyl (C=O) groups is 1. The number of benzene rings is 2. The summed E-state index contributed by atoms with van der Waals surface area (Å²) in [7, 11) is 0. The maximum atomic E-state index is 12.2. The van der Waals surface area contributed by atoms with E-state index in [0.29, 0.717) is 17.5 Å². The quantitative estimate of drug-likeness (QED) is 0.502. The smallest absolute Gasteiger partial charge is 0.189 e. The lowest BCUT2D eigenvalue weighted by molar-refractivity contribution is 0.104. The molecule has 106 valence electrons. The minimum atomic E-state index is -0.208. The summed E-state index contributed by atoms with van der Waals surface area (Å²) < 4.78 is 0. The van der Waals surface area contributed by atoms with E-state index in [1.54, 1.807) is 30.4 Å². The summed E-state index contributed by atoms with van der Waals surface area (Å²) in [5.74, 6) is -0.170. The molecule has 0 radical (unpaired) electrons. The minimum Gasteiger partial charge on any atom is -0.507 e. The first-order valence-corrected chi connectivity index (χ1v) is 6.82. The zero-order valence-corrected chi connectivity index (χ0v) is 12.0. The fourth-order valence-corrected chi connectivity index (χ4v) is 2.15. The summed E-state index contributed by atoms with van der Waals surface area (Å²) in [5.41, 5.74) is 3.13. The number of phenolic OH excluding ortho intramolecular Hbond substituents is 1. The lowest BCUT2D eigenvalue weighted by atomic mass is 10.0. The molecule has 0 amide bonds. The van der Waals surface area contributed by atoms with Gasteiger partial charge in [0.2, 0.25) is 0 Å². The van der Waals surface area contributed by atoms with Crippen molar-refractivity contribution in [2.45, 2.75) is 13.3 Å². The van der Waals surface area contributed by atoms with Crippen molar-refractivity contribution >= 4 is 11.9 Å². The number of aryl methyl sites for hydroxylation is 1. The summed E-state index contributed by atoms with van der Waals surface area (Å²) in [6, 6.07) is 13.1. The van der Waals surface area contributed by atoms with Crippen molar-refractivity contribution in [2.24, 2.45) is 0 Å². The van der Waals surface area contributed by atoms with Gasteiger partial charge >= 0.3 is 0 Å². The van der Waals surface area contributed by atoms with E-state index in [-0.39, 0.29) is 11.5 Å². The number of carbonyl (C=O) groups excluding carboxylic acids is 1. The van der Waals surface area contributed by atoms with Crippen LogP contribution in [-0.4, -0.2) is 10.9 Å². The van der Waals surface area contributed by atoms with Crippen LogP contribution in [0.1, 0.15) is 27.0 Å². The molecule has 0 atom stereocenters. The Morgan fingerprint density at radius 2 is 2.00 bits per heavy atom. The molecule has 0 saturated heterocycles. The third kappa shape index (κ3) is 3.69. The lowest BCUT2D eigenvalue weighted by Crippen LogP contribution is -1.97. The van der Waals surface area contributed by atoms with Crippen molar-refractivity contribution in [3.8, 4) is 5.75 Å². The molecule has 0 saturated carbocycles. The van der Waals surface area contributed by atoms with E-state index in [1.807, 2.05) is 31.2 Å². The molecule has 0 fully saturated rings. The van der Waals surface area contributed by atoms with Crippen LogP contribution in [0.2, 0.25) is 0 Å². The van der Waals surface area contributed by atoms with Crippen LogP contribution in [0.5, 0.6) is 5.75 Å². The van der Waals surface area contributed by atoms with E-state index in [0.717, 1.165) is 11.1 Å². The first-order valence-electron chi connectivity index (χ1n) is 6.82. The Balaban J connectivity index is 2.24. The van der Waals surface area contributed by atoms with Gasteiger partial charge in [-0.25, -0.2) is 0 Å². The van der Waals surface area contributed by atoms with Crippen molar-refractivity contribution in [3.63, 3.8) is 0 Å². The average molecular weight is 278 g/mol. The maximum Gasteiger partial charge on any atom is 0.189 e. The van der Waals surface area contributed by atoms with Crippen LogP contribution in [0, 0.1) is 6.92 Å². The molecule has 0 aliphatic rings. The van der Waals surface area contributed by atoms with Crippen LogP contribution < -0.4 is 0 Å². The van der Waals surface area contributed by atoms with Crippen LogP contribution in [0.4, 0.5) is 0 Å². The molecule has 0 bridgehead atoms. The van der Waals surface area contributed by atoms with Gasteiger partial charge in [0.05, 0.1) is 5.56 Å². The molecule has 0 heterocycles. The Bertz CT molecular complexity index is 696. The molecule has 1 N–H and O–H groups in total. The second kappa shape index (κ2) is 6.71. The summed E-state index contributed by atoms with van der Waals surface area (Å²) in [6.07, 6.45) is 5.48. The Hall–Kier alpha value is -2.61. The fourth-order valence-electron chi connectivity index (χ4n) is 2.15. The van der Waals surface area contributed by atoms with Gasteiger partial charge in [0.1, 0.15) is 5.75 Å². The predicted molar refractivity (Wildman–Crippen MR) is 86.6 cm³/mol. The molecular formula is C19H18O2.